The van der Waals surface area contributed by atoms with Gasteiger partial charge in [0.05, 0.1) is 6.54 Å². The molecule has 5 nitrogen and oxygen atoms in total. The molecule has 25 heavy (non-hydrogen) atoms. The lowest BCUT2D eigenvalue weighted by Crippen LogP contribution is -2.39. The molecule has 140 valence electrons. The SMILES string of the molecule is CCNC(=NCc1ccnc(N2CCCCCC2)c1)N1CCCC1.I. The van der Waals surface area contributed by atoms with Gasteiger partial charge in [0.2, 0.25) is 0 Å². The zero-order valence-corrected chi connectivity index (χ0v) is 17.7. The predicted molar refractivity (Wildman–Crippen MR) is 116 cm³/mol. The molecule has 1 N–H and O–H groups in total. The van der Waals surface area contributed by atoms with Gasteiger partial charge in [0.1, 0.15) is 5.82 Å². The van der Waals surface area contributed by atoms with Crippen LogP contribution in [0.2, 0.25) is 0 Å². The molecule has 0 amide bonds. The van der Waals surface area contributed by atoms with Gasteiger partial charge in [0, 0.05) is 38.9 Å². The van der Waals surface area contributed by atoms with Crippen molar-refractivity contribution >= 4 is 35.8 Å². The molecule has 0 saturated carbocycles. The van der Waals surface area contributed by atoms with Crippen LogP contribution in [0.4, 0.5) is 5.82 Å². The topological polar surface area (TPSA) is 43.8 Å². The highest BCUT2D eigenvalue weighted by Crippen LogP contribution is 2.18. The van der Waals surface area contributed by atoms with Gasteiger partial charge in [-0.1, -0.05) is 12.8 Å². The van der Waals surface area contributed by atoms with Crippen molar-refractivity contribution in [3.63, 3.8) is 0 Å². The quantitative estimate of drug-likeness (QED) is 0.426. The highest BCUT2D eigenvalue weighted by Gasteiger charge is 2.15. The molecular formula is C19H32IN5. The minimum Gasteiger partial charge on any atom is -0.357 e. The van der Waals surface area contributed by atoms with Gasteiger partial charge >= 0.3 is 0 Å². The molecule has 0 atom stereocenters. The van der Waals surface area contributed by atoms with Crippen molar-refractivity contribution in [3.05, 3.63) is 23.9 Å². The third kappa shape index (κ3) is 6.01. The van der Waals surface area contributed by atoms with Gasteiger partial charge in [-0.3, -0.25) is 0 Å². The normalized spacial score (nSPS) is 18.7. The molecular weight excluding hydrogens is 425 g/mol. The molecule has 0 aromatic carbocycles. The zero-order valence-electron chi connectivity index (χ0n) is 15.4. The summed E-state index contributed by atoms with van der Waals surface area (Å²) in [5, 5.41) is 3.43. The van der Waals surface area contributed by atoms with Crippen LogP contribution in [0.1, 0.15) is 51.0 Å². The highest BCUT2D eigenvalue weighted by atomic mass is 127. The fraction of sp³-hybridized carbons (Fsp3) is 0.684. The second kappa shape index (κ2) is 10.8. The fourth-order valence-corrected chi connectivity index (χ4v) is 3.55. The van der Waals surface area contributed by atoms with E-state index in [2.05, 4.69) is 39.2 Å². The van der Waals surface area contributed by atoms with Gasteiger partial charge in [0.15, 0.2) is 5.96 Å². The van der Waals surface area contributed by atoms with Crippen LogP contribution >= 0.6 is 24.0 Å². The van der Waals surface area contributed by atoms with Crippen LogP contribution in [0.25, 0.3) is 0 Å². The lowest BCUT2D eigenvalue weighted by Gasteiger charge is -2.22. The van der Waals surface area contributed by atoms with E-state index in [1.54, 1.807) is 0 Å². The standard InChI is InChI=1S/C19H31N5.HI/c1-2-20-19(24-13-7-8-14-24)22-16-17-9-10-21-18(15-17)23-11-5-3-4-6-12-23;/h9-10,15H,2-8,11-14,16H2,1H3,(H,20,22);1H. The molecule has 0 radical (unpaired) electrons. The average Bonchev–Trinajstić information content (AvgIpc) is 3.01. The predicted octanol–water partition coefficient (Wildman–Crippen LogP) is 3.64. The lowest BCUT2D eigenvalue weighted by molar-refractivity contribution is 0.493. The van der Waals surface area contributed by atoms with Gasteiger partial charge in [-0.05, 0) is 50.3 Å². The van der Waals surface area contributed by atoms with Crippen LogP contribution < -0.4 is 10.2 Å². The van der Waals surface area contributed by atoms with Crippen molar-refractivity contribution in [1.29, 1.82) is 0 Å². The molecule has 0 aliphatic carbocycles. The van der Waals surface area contributed by atoms with Crippen molar-refractivity contribution in [2.24, 2.45) is 4.99 Å². The lowest BCUT2D eigenvalue weighted by atomic mass is 10.2. The second-order valence-corrected chi connectivity index (χ2v) is 6.79. The molecule has 2 fully saturated rings. The molecule has 2 saturated heterocycles. The number of nitrogens with one attached hydrogen (secondary N) is 1. The molecule has 2 aliphatic rings. The maximum atomic E-state index is 4.86. The van der Waals surface area contributed by atoms with E-state index in [4.69, 9.17) is 4.99 Å². The van der Waals surface area contributed by atoms with Crippen LogP contribution in [0.3, 0.4) is 0 Å². The summed E-state index contributed by atoms with van der Waals surface area (Å²) >= 11 is 0. The first-order valence-corrected chi connectivity index (χ1v) is 9.60. The molecule has 0 spiro atoms. The smallest absolute Gasteiger partial charge is 0.194 e. The third-order valence-corrected chi connectivity index (χ3v) is 4.89. The Morgan fingerprint density at radius 1 is 1.08 bits per heavy atom. The number of nitrogens with zero attached hydrogens (tertiary/aromatic N) is 4. The van der Waals surface area contributed by atoms with Crippen LogP contribution in [0.15, 0.2) is 23.3 Å². The number of hydrogen-bond donors (Lipinski definition) is 1. The van der Waals surface area contributed by atoms with E-state index in [1.807, 2.05) is 6.20 Å². The fourth-order valence-electron chi connectivity index (χ4n) is 3.55. The summed E-state index contributed by atoms with van der Waals surface area (Å²) in [5.74, 6) is 2.18. The third-order valence-electron chi connectivity index (χ3n) is 4.89. The van der Waals surface area contributed by atoms with E-state index in [0.29, 0.717) is 0 Å². The molecule has 1 aromatic heterocycles. The first-order chi connectivity index (χ1) is 11.9. The number of hydrogen-bond acceptors (Lipinski definition) is 3. The Morgan fingerprint density at radius 2 is 1.76 bits per heavy atom. The molecule has 0 bridgehead atoms. The Kier molecular flexibility index (Phi) is 8.78. The summed E-state index contributed by atoms with van der Waals surface area (Å²) in [6.07, 6.45) is 9.75. The first kappa shape index (κ1) is 20.3. The Hall–Kier alpha value is -1.05. The van der Waals surface area contributed by atoms with Gasteiger partial charge in [-0.15, -0.1) is 24.0 Å². The van der Waals surface area contributed by atoms with Crippen molar-refractivity contribution in [1.82, 2.24) is 15.2 Å². The number of aliphatic imine (C=N–C) groups is 1. The number of rotatable bonds is 4. The minimum absolute atomic E-state index is 0. The average molecular weight is 457 g/mol. The Morgan fingerprint density at radius 3 is 2.44 bits per heavy atom. The second-order valence-electron chi connectivity index (χ2n) is 6.79. The Bertz CT molecular complexity index is 534. The highest BCUT2D eigenvalue weighted by molar-refractivity contribution is 14.0. The summed E-state index contributed by atoms with van der Waals surface area (Å²) in [5.41, 5.74) is 1.25. The largest absolute Gasteiger partial charge is 0.357 e. The van der Waals surface area contributed by atoms with Crippen molar-refractivity contribution in [3.8, 4) is 0 Å². The van der Waals surface area contributed by atoms with Gasteiger partial charge in [0.25, 0.3) is 0 Å². The van der Waals surface area contributed by atoms with Crippen molar-refractivity contribution in [2.75, 3.05) is 37.6 Å². The van der Waals surface area contributed by atoms with Gasteiger partial charge in [-0.25, -0.2) is 9.98 Å². The number of aromatic nitrogens is 1. The van der Waals surface area contributed by atoms with E-state index in [0.717, 1.165) is 51.0 Å². The van der Waals surface area contributed by atoms with E-state index < -0.39 is 0 Å². The summed E-state index contributed by atoms with van der Waals surface area (Å²) in [4.78, 5) is 14.3. The van der Waals surface area contributed by atoms with E-state index >= 15 is 0 Å². The summed E-state index contributed by atoms with van der Waals surface area (Å²) < 4.78 is 0. The van der Waals surface area contributed by atoms with Gasteiger partial charge in [-0.2, -0.15) is 0 Å². The molecule has 1 aromatic rings. The molecule has 6 heteroatoms. The van der Waals surface area contributed by atoms with Crippen molar-refractivity contribution in [2.45, 2.75) is 52.0 Å². The summed E-state index contributed by atoms with van der Waals surface area (Å²) in [6.45, 7) is 8.30. The summed E-state index contributed by atoms with van der Waals surface area (Å²) in [6, 6.07) is 4.32. The van der Waals surface area contributed by atoms with E-state index in [-0.39, 0.29) is 24.0 Å². The van der Waals surface area contributed by atoms with Crippen LogP contribution in [0, 0.1) is 0 Å². The minimum atomic E-state index is 0. The number of pyridine rings is 1. The van der Waals surface area contributed by atoms with Crippen LogP contribution in [-0.2, 0) is 6.54 Å². The maximum absolute atomic E-state index is 4.86. The molecule has 3 rings (SSSR count). The number of guanidine groups is 1. The number of anilines is 1. The Labute approximate surface area is 169 Å². The number of likely N-dealkylation sites (tertiary alicyclic amines) is 1. The summed E-state index contributed by atoms with van der Waals surface area (Å²) in [7, 11) is 0. The first-order valence-electron chi connectivity index (χ1n) is 9.60. The van der Waals surface area contributed by atoms with Crippen LogP contribution in [-0.4, -0.2) is 48.6 Å². The number of halogens is 1. The van der Waals surface area contributed by atoms with E-state index in [1.165, 1.54) is 44.1 Å². The molecule has 2 aliphatic heterocycles. The molecule has 3 heterocycles. The van der Waals surface area contributed by atoms with Crippen molar-refractivity contribution < 1.29 is 0 Å². The molecule has 0 unspecified atom stereocenters. The monoisotopic (exact) mass is 457 g/mol. The van der Waals surface area contributed by atoms with Gasteiger partial charge < -0.3 is 15.1 Å². The Balaban J connectivity index is 0.00000225. The maximum Gasteiger partial charge on any atom is 0.194 e. The van der Waals surface area contributed by atoms with Crippen LogP contribution in [0.5, 0.6) is 0 Å². The zero-order chi connectivity index (χ0) is 16.6. The van der Waals surface area contributed by atoms with E-state index in [9.17, 15) is 0 Å².